The molecule has 0 bridgehead atoms. The Balaban J connectivity index is 0.000000204. The summed E-state index contributed by atoms with van der Waals surface area (Å²) in [6, 6.07) is 14.9. The van der Waals surface area contributed by atoms with Crippen molar-refractivity contribution in [1.82, 2.24) is 5.32 Å². The summed E-state index contributed by atoms with van der Waals surface area (Å²) in [6.07, 6.45) is 0. The first kappa shape index (κ1) is 44.8. The Labute approximate surface area is 326 Å². The van der Waals surface area contributed by atoms with Gasteiger partial charge in [0.1, 0.15) is 46.5 Å². The van der Waals surface area contributed by atoms with Crippen molar-refractivity contribution in [2.24, 2.45) is 5.73 Å². The first-order valence-electron chi connectivity index (χ1n) is 16.1. The largest absolute Gasteiger partial charge is 0.326 e. The Morgan fingerprint density at radius 2 is 0.889 bits per heavy atom. The van der Waals surface area contributed by atoms with Crippen molar-refractivity contribution in [3.8, 4) is 0 Å². The second kappa shape index (κ2) is 20.3. The summed E-state index contributed by atoms with van der Waals surface area (Å²) in [7, 11) is -3.76. The summed E-state index contributed by atoms with van der Waals surface area (Å²) >= 11 is 6.21. The number of halogens is 10. The van der Waals surface area contributed by atoms with Crippen LogP contribution in [0.4, 0.5) is 35.1 Å². The van der Waals surface area contributed by atoms with Crippen LogP contribution in [0.15, 0.2) is 77.7 Å². The maximum atomic E-state index is 13.8. The molecule has 0 spiro atoms. The van der Waals surface area contributed by atoms with Crippen LogP contribution < -0.4 is 11.1 Å². The molecule has 0 aromatic heterocycles. The monoisotopic (exact) mass is 906 g/mol. The minimum Gasteiger partial charge on any atom is -0.326 e. The van der Waals surface area contributed by atoms with Gasteiger partial charge >= 0.3 is 0 Å². The summed E-state index contributed by atoms with van der Waals surface area (Å²) < 4.78 is 129. The number of sulfone groups is 1. The van der Waals surface area contributed by atoms with Gasteiger partial charge in [-0.25, -0.2) is 43.5 Å². The summed E-state index contributed by atoms with van der Waals surface area (Å²) in [5.74, 6) is -4.16. The molecule has 6 rings (SSSR count). The molecule has 3 N–H and O–H groups in total. The third kappa shape index (κ3) is 11.4. The number of fused-ring (bicyclic) bond motifs is 1. The van der Waals surface area contributed by atoms with Gasteiger partial charge in [0.05, 0.1) is 10.6 Å². The van der Waals surface area contributed by atoms with Gasteiger partial charge < -0.3 is 11.1 Å². The van der Waals surface area contributed by atoms with Crippen LogP contribution in [0.3, 0.4) is 0 Å². The van der Waals surface area contributed by atoms with Crippen LogP contribution in [0.2, 0.25) is 0 Å². The lowest BCUT2D eigenvalue weighted by atomic mass is 10.1. The van der Waals surface area contributed by atoms with Gasteiger partial charge in [0.2, 0.25) is 0 Å². The lowest BCUT2D eigenvalue weighted by molar-refractivity contribution is 0.568. The van der Waals surface area contributed by atoms with Gasteiger partial charge in [0, 0.05) is 63.7 Å². The molecule has 15 heteroatoms. The molecule has 290 valence electrons. The molecule has 0 amide bonds. The molecule has 54 heavy (non-hydrogen) atoms. The second-order valence-corrected chi connectivity index (χ2v) is 15.0. The Kier molecular flexibility index (Phi) is 16.9. The summed E-state index contributed by atoms with van der Waals surface area (Å²) in [4.78, 5) is 0.0692. The van der Waals surface area contributed by atoms with Gasteiger partial charge in [-0.1, -0.05) is 49.6 Å². The number of nitrogens with one attached hydrogen (secondary N) is 1. The normalized spacial score (nSPS) is 11.7. The number of hydrogen-bond donors (Lipinski definition) is 2. The molecule has 0 atom stereocenters. The van der Waals surface area contributed by atoms with Gasteiger partial charge in [0.25, 0.3) is 0 Å². The number of alkyl halides is 2. The number of aryl methyl sites for hydroxylation is 1. The van der Waals surface area contributed by atoms with E-state index in [1.807, 2.05) is 6.92 Å². The highest BCUT2D eigenvalue weighted by molar-refractivity contribution is 9.09. The van der Waals surface area contributed by atoms with Crippen LogP contribution in [0.25, 0.3) is 0 Å². The standard InChI is InChI=1S/C15H15F2NO2S.C8H6Br2F2.C8H7F2N.C8H8F2/c1-10-2-4-11(5-3-10)21(19,20)9-13-12(8-18)14(16)6-7-15(13)17;9-3-5-6(4-10)8(12)2-1-7(5)11;9-7-1-2-8(10)6-4-11-3-5(6)7;1-5-6(2)8(10)4-3-7(5)9/h2-7H,8-9,18H2,1H3;1-2H,3-4H2;1-2,11H,3-4H2;3-4H,1-2H3. The molecule has 1 aliphatic rings. The molecule has 0 unspecified atom stereocenters. The molecular weight excluding hydrogens is 872 g/mol. The van der Waals surface area contributed by atoms with Crippen LogP contribution in [0.1, 0.15) is 50.1 Å². The predicted molar refractivity (Wildman–Crippen MR) is 201 cm³/mol. The highest BCUT2D eigenvalue weighted by Crippen LogP contribution is 2.25. The Bertz CT molecular complexity index is 2100. The summed E-state index contributed by atoms with van der Waals surface area (Å²) in [5.41, 5.74) is 8.49. The summed E-state index contributed by atoms with van der Waals surface area (Å²) in [5, 5.41) is 3.55. The van der Waals surface area contributed by atoms with Gasteiger partial charge in [-0.2, -0.15) is 0 Å². The van der Waals surface area contributed by atoms with E-state index in [-0.39, 0.29) is 57.5 Å². The zero-order valence-electron chi connectivity index (χ0n) is 29.3. The SMILES string of the molecule is Cc1c(F)ccc(F)c1C.Cc1ccc(S(=O)(=O)Cc2c(F)ccc(F)c2CN)cc1.Fc1ccc(F)c(CBr)c1CBr.Fc1ccc(F)c2c1CNC2. The van der Waals surface area contributed by atoms with E-state index in [0.717, 1.165) is 42.0 Å². The number of benzene rings is 5. The molecular formula is C39H36Br2F8N2O2S. The van der Waals surface area contributed by atoms with E-state index < -0.39 is 27.2 Å². The fourth-order valence-corrected chi connectivity index (χ4v) is 7.66. The highest BCUT2D eigenvalue weighted by atomic mass is 79.9. The molecule has 0 saturated carbocycles. The number of hydrogen-bond acceptors (Lipinski definition) is 4. The minimum atomic E-state index is -3.76. The van der Waals surface area contributed by atoms with Gasteiger partial charge in [-0.3, -0.25) is 0 Å². The molecule has 0 saturated heterocycles. The number of nitrogens with two attached hydrogens (primary N) is 1. The Morgan fingerprint density at radius 1 is 0.537 bits per heavy atom. The van der Waals surface area contributed by atoms with Crippen molar-refractivity contribution < 1.29 is 43.5 Å². The van der Waals surface area contributed by atoms with Crippen molar-refractivity contribution in [3.05, 3.63) is 169 Å². The van der Waals surface area contributed by atoms with Crippen LogP contribution in [-0.4, -0.2) is 8.42 Å². The van der Waals surface area contributed by atoms with E-state index in [1.54, 1.807) is 26.0 Å². The molecule has 0 aliphatic carbocycles. The summed E-state index contributed by atoms with van der Waals surface area (Å²) in [6.45, 7) is 5.58. The van der Waals surface area contributed by atoms with Crippen molar-refractivity contribution in [1.29, 1.82) is 0 Å². The zero-order chi connectivity index (χ0) is 40.3. The maximum absolute atomic E-state index is 13.8. The smallest absolute Gasteiger partial charge is 0.182 e. The van der Waals surface area contributed by atoms with Gasteiger partial charge in [-0.05, 0) is 92.6 Å². The molecule has 4 nitrogen and oxygen atoms in total. The van der Waals surface area contributed by atoms with E-state index in [2.05, 4.69) is 37.2 Å². The second-order valence-electron chi connectivity index (χ2n) is 11.9. The predicted octanol–water partition coefficient (Wildman–Crippen LogP) is 10.6. The van der Waals surface area contributed by atoms with Gasteiger partial charge in [0.15, 0.2) is 9.84 Å². The first-order chi connectivity index (χ1) is 25.5. The molecule has 1 heterocycles. The van der Waals surface area contributed by atoms with Crippen LogP contribution in [-0.2, 0) is 45.9 Å². The quantitative estimate of drug-likeness (QED) is 0.132. The van der Waals surface area contributed by atoms with Crippen LogP contribution in [0, 0.1) is 67.3 Å². The van der Waals surface area contributed by atoms with Crippen LogP contribution in [0.5, 0.6) is 0 Å². The van der Waals surface area contributed by atoms with Crippen molar-refractivity contribution in [3.63, 3.8) is 0 Å². The van der Waals surface area contributed by atoms with E-state index in [9.17, 15) is 43.5 Å². The fraction of sp³-hybridized carbons (Fsp3) is 0.231. The average molecular weight is 909 g/mol. The van der Waals surface area contributed by atoms with Crippen molar-refractivity contribution >= 4 is 41.7 Å². The Hall–Kier alpha value is -3.63. The van der Waals surface area contributed by atoms with Gasteiger partial charge in [-0.15, -0.1) is 0 Å². The molecule has 0 fully saturated rings. The van der Waals surface area contributed by atoms with E-state index in [1.165, 1.54) is 24.3 Å². The molecule has 5 aromatic carbocycles. The third-order valence-electron chi connectivity index (χ3n) is 8.39. The average Bonchev–Trinajstić information content (AvgIpc) is 3.66. The maximum Gasteiger partial charge on any atom is 0.182 e. The van der Waals surface area contributed by atoms with E-state index in [4.69, 9.17) is 5.73 Å². The van der Waals surface area contributed by atoms with Crippen molar-refractivity contribution in [2.75, 3.05) is 0 Å². The topological polar surface area (TPSA) is 72.2 Å². The zero-order valence-corrected chi connectivity index (χ0v) is 33.2. The van der Waals surface area contributed by atoms with Crippen LogP contribution >= 0.6 is 31.9 Å². The first-order valence-corrected chi connectivity index (χ1v) is 20.0. The van der Waals surface area contributed by atoms with E-state index in [0.29, 0.717) is 57.1 Å². The molecule has 5 aromatic rings. The lowest BCUT2D eigenvalue weighted by Crippen LogP contribution is -2.12. The number of rotatable bonds is 6. The highest BCUT2D eigenvalue weighted by Gasteiger charge is 2.22. The minimum absolute atomic E-state index is 0.0692. The Morgan fingerprint density at radius 3 is 1.28 bits per heavy atom. The van der Waals surface area contributed by atoms with Crippen molar-refractivity contribution in [2.45, 2.75) is 61.7 Å². The third-order valence-corrected chi connectivity index (χ3v) is 11.2. The molecule has 1 aliphatic heterocycles. The lowest BCUT2D eigenvalue weighted by Gasteiger charge is -2.11. The molecule has 0 radical (unpaired) electrons. The fourth-order valence-electron chi connectivity index (χ4n) is 5.04. The van der Waals surface area contributed by atoms with E-state index >= 15 is 0 Å².